The first kappa shape index (κ1) is 15.5. The summed E-state index contributed by atoms with van der Waals surface area (Å²) in [6.07, 6.45) is 0.811. The molecule has 0 aromatic heterocycles. The van der Waals surface area contributed by atoms with Crippen LogP contribution in [0.1, 0.15) is 19.4 Å². The van der Waals surface area contributed by atoms with Gasteiger partial charge in [0, 0.05) is 13.1 Å². The minimum absolute atomic E-state index is 0.0472. The second-order valence-corrected chi connectivity index (χ2v) is 4.98. The van der Waals surface area contributed by atoms with Crippen LogP contribution in [0.15, 0.2) is 24.3 Å². The Morgan fingerprint density at radius 3 is 2.42 bits per heavy atom. The topological polar surface area (TPSA) is 64.3 Å². The fourth-order valence-electron chi connectivity index (χ4n) is 1.94. The highest BCUT2D eigenvalue weighted by Crippen LogP contribution is 2.12. The number of carbonyl (C=O) groups excluding carboxylic acids is 1. The maximum absolute atomic E-state index is 11.9. The lowest BCUT2D eigenvalue weighted by Crippen LogP contribution is -2.38. The predicted molar refractivity (Wildman–Crippen MR) is 77.1 cm³/mol. The van der Waals surface area contributed by atoms with Crippen molar-refractivity contribution in [2.75, 3.05) is 20.2 Å². The van der Waals surface area contributed by atoms with Crippen molar-refractivity contribution in [3.05, 3.63) is 29.8 Å². The minimum atomic E-state index is -0.101. The monoisotopic (exact) mass is 264 g/mol. The maximum Gasteiger partial charge on any atom is 0.224 e. The molecule has 1 unspecified atom stereocenters. The van der Waals surface area contributed by atoms with Crippen molar-refractivity contribution in [1.82, 2.24) is 5.32 Å². The number of nitrogens with two attached hydrogens (primary N) is 1. The summed E-state index contributed by atoms with van der Waals surface area (Å²) in [5.41, 5.74) is 6.79. The quantitative estimate of drug-likeness (QED) is 0.786. The number of hydrogen-bond donors (Lipinski definition) is 2. The number of methoxy groups -OCH3 is 1. The Morgan fingerprint density at radius 2 is 1.95 bits per heavy atom. The second kappa shape index (κ2) is 7.79. The van der Waals surface area contributed by atoms with Gasteiger partial charge in [-0.1, -0.05) is 26.0 Å². The molecule has 0 bridgehead atoms. The standard InChI is InChI=1S/C15H24N2O2/c1-11(2)14(10-16)15(18)17-9-8-12-4-6-13(19-3)7-5-12/h4-7,11,14H,8-10,16H2,1-3H3,(H,17,18). The van der Waals surface area contributed by atoms with Gasteiger partial charge in [0.05, 0.1) is 13.0 Å². The van der Waals surface area contributed by atoms with E-state index in [0.29, 0.717) is 13.1 Å². The fraction of sp³-hybridized carbons (Fsp3) is 0.533. The molecule has 3 N–H and O–H groups in total. The van der Waals surface area contributed by atoms with E-state index in [0.717, 1.165) is 12.2 Å². The van der Waals surface area contributed by atoms with Crippen LogP contribution in [-0.2, 0) is 11.2 Å². The molecule has 1 atom stereocenters. The molecule has 4 nitrogen and oxygen atoms in total. The van der Waals surface area contributed by atoms with E-state index in [4.69, 9.17) is 10.5 Å². The largest absolute Gasteiger partial charge is 0.497 e. The molecule has 0 spiro atoms. The lowest BCUT2D eigenvalue weighted by Gasteiger charge is -2.18. The Bertz CT molecular complexity index is 388. The molecular weight excluding hydrogens is 240 g/mol. The van der Waals surface area contributed by atoms with Crippen molar-refractivity contribution in [2.45, 2.75) is 20.3 Å². The molecule has 0 fully saturated rings. The highest BCUT2D eigenvalue weighted by Gasteiger charge is 2.19. The molecular formula is C15H24N2O2. The number of carbonyl (C=O) groups is 1. The zero-order valence-electron chi connectivity index (χ0n) is 12.0. The zero-order valence-corrected chi connectivity index (χ0v) is 12.0. The van der Waals surface area contributed by atoms with Gasteiger partial charge in [-0.15, -0.1) is 0 Å². The molecule has 4 heteroatoms. The molecule has 19 heavy (non-hydrogen) atoms. The van der Waals surface area contributed by atoms with Crippen molar-refractivity contribution in [1.29, 1.82) is 0 Å². The highest BCUT2D eigenvalue weighted by molar-refractivity contribution is 5.79. The van der Waals surface area contributed by atoms with Crippen LogP contribution in [0, 0.1) is 11.8 Å². The number of amides is 1. The Kier molecular flexibility index (Phi) is 6.36. The van der Waals surface area contributed by atoms with Crippen LogP contribution in [0.4, 0.5) is 0 Å². The Balaban J connectivity index is 2.38. The van der Waals surface area contributed by atoms with Gasteiger partial charge < -0.3 is 15.8 Å². The normalized spacial score (nSPS) is 12.3. The lowest BCUT2D eigenvalue weighted by atomic mass is 9.95. The molecule has 1 rings (SSSR count). The van der Waals surface area contributed by atoms with Gasteiger partial charge in [-0.25, -0.2) is 0 Å². The van der Waals surface area contributed by atoms with Crippen molar-refractivity contribution >= 4 is 5.91 Å². The molecule has 1 aromatic carbocycles. The Morgan fingerprint density at radius 1 is 1.32 bits per heavy atom. The van der Waals surface area contributed by atoms with Gasteiger partial charge in [-0.2, -0.15) is 0 Å². The summed E-state index contributed by atoms with van der Waals surface area (Å²) in [7, 11) is 1.65. The number of benzene rings is 1. The predicted octanol–water partition coefficient (Wildman–Crippen LogP) is 1.58. The maximum atomic E-state index is 11.9. The molecule has 106 valence electrons. The van der Waals surface area contributed by atoms with Gasteiger partial charge in [-0.3, -0.25) is 4.79 Å². The molecule has 1 aromatic rings. The van der Waals surface area contributed by atoms with E-state index in [9.17, 15) is 4.79 Å². The van der Waals surface area contributed by atoms with Crippen molar-refractivity contribution in [2.24, 2.45) is 17.6 Å². The second-order valence-electron chi connectivity index (χ2n) is 4.98. The average Bonchev–Trinajstić information content (AvgIpc) is 2.40. The number of nitrogens with one attached hydrogen (secondary N) is 1. The number of hydrogen-bond acceptors (Lipinski definition) is 3. The van der Waals surface area contributed by atoms with Crippen LogP contribution in [0.25, 0.3) is 0 Å². The number of ether oxygens (including phenoxy) is 1. The van der Waals surface area contributed by atoms with Gasteiger partial charge in [0.1, 0.15) is 5.75 Å². The van der Waals surface area contributed by atoms with E-state index in [1.54, 1.807) is 7.11 Å². The van der Waals surface area contributed by atoms with Crippen LogP contribution in [-0.4, -0.2) is 26.1 Å². The highest BCUT2D eigenvalue weighted by atomic mass is 16.5. The van der Waals surface area contributed by atoms with E-state index in [-0.39, 0.29) is 17.7 Å². The lowest BCUT2D eigenvalue weighted by molar-refractivity contribution is -0.125. The molecule has 0 radical (unpaired) electrons. The third kappa shape index (κ3) is 4.91. The van der Waals surface area contributed by atoms with Crippen LogP contribution in [0.5, 0.6) is 5.75 Å². The van der Waals surface area contributed by atoms with Crippen molar-refractivity contribution < 1.29 is 9.53 Å². The fourth-order valence-corrected chi connectivity index (χ4v) is 1.94. The van der Waals surface area contributed by atoms with E-state index in [2.05, 4.69) is 5.32 Å². The smallest absolute Gasteiger partial charge is 0.224 e. The summed E-state index contributed by atoms with van der Waals surface area (Å²) in [5.74, 6) is 1.06. The summed E-state index contributed by atoms with van der Waals surface area (Å²) < 4.78 is 5.10. The summed E-state index contributed by atoms with van der Waals surface area (Å²) in [4.78, 5) is 11.9. The van der Waals surface area contributed by atoms with E-state index in [1.807, 2.05) is 38.1 Å². The molecule has 0 aliphatic carbocycles. The van der Waals surface area contributed by atoms with Gasteiger partial charge >= 0.3 is 0 Å². The average molecular weight is 264 g/mol. The van der Waals surface area contributed by atoms with Crippen molar-refractivity contribution in [3.8, 4) is 5.75 Å². The minimum Gasteiger partial charge on any atom is -0.497 e. The summed E-state index contributed by atoms with van der Waals surface area (Å²) in [6.45, 7) is 5.06. The van der Waals surface area contributed by atoms with Gasteiger partial charge in [0.15, 0.2) is 0 Å². The van der Waals surface area contributed by atoms with Crippen LogP contribution in [0.3, 0.4) is 0 Å². The van der Waals surface area contributed by atoms with Gasteiger partial charge in [0.25, 0.3) is 0 Å². The summed E-state index contributed by atoms with van der Waals surface area (Å²) in [6, 6.07) is 7.86. The van der Waals surface area contributed by atoms with Crippen LogP contribution < -0.4 is 15.8 Å². The third-order valence-electron chi connectivity index (χ3n) is 3.27. The first-order chi connectivity index (χ1) is 9.08. The van der Waals surface area contributed by atoms with E-state index < -0.39 is 0 Å². The molecule has 0 heterocycles. The third-order valence-corrected chi connectivity index (χ3v) is 3.27. The SMILES string of the molecule is COc1ccc(CCNC(=O)C(CN)C(C)C)cc1. The van der Waals surface area contributed by atoms with E-state index >= 15 is 0 Å². The van der Waals surface area contributed by atoms with Crippen molar-refractivity contribution in [3.63, 3.8) is 0 Å². The Hall–Kier alpha value is -1.55. The molecule has 0 aliphatic rings. The first-order valence-electron chi connectivity index (χ1n) is 6.69. The molecule has 0 aliphatic heterocycles. The van der Waals surface area contributed by atoms with E-state index in [1.165, 1.54) is 5.56 Å². The van der Waals surface area contributed by atoms with Gasteiger partial charge in [-0.05, 0) is 30.0 Å². The van der Waals surface area contributed by atoms with Crippen LogP contribution >= 0.6 is 0 Å². The number of rotatable bonds is 7. The first-order valence-corrected chi connectivity index (χ1v) is 6.69. The zero-order chi connectivity index (χ0) is 14.3. The molecule has 1 amide bonds. The molecule has 0 saturated heterocycles. The van der Waals surface area contributed by atoms with Gasteiger partial charge in [0.2, 0.25) is 5.91 Å². The Labute approximate surface area is 115 Å². The van der Waals surface area contributed by atoms with Crippen LogP contribution in [0.2, 0.25) is 0 Å². The molecule has 0 saturated carbocycles. The summed E-state index contributed by atoms with van der Waals surface area (Å²) >= 11 is 0. The summed E-state index contributed by atoms with van der Waals surface area (Å²) in [5, 5.41) is 2.94.